The molecule has 0 N–H and O–H groups in total. The third kappa shape index (κ3) is 3.90. The van der Waals surface area contributed by atoms with Crippen LogP contribution in [0.25, 0.3) is 11.1 Å². The molecular weight excluding hydrogens is 354 g/mol. The van der Waals surface area contributed by atoms with Gasteiger partial charge < -0.3 is 4.74 Å². The molecule has 6 heteroatoms. The minimum atomic E-state index is -0.748. The lowest BCUT2D eigenvalue weighted by atomic mass is 10.0. The van der Waals surface area contributed by atoms with Gasteiger partial charge in [0.1, 0.15) is 5.75 Å². The molecule has 0 radical (unpaired) electrons. The van der Waals surface area contributed by atoms with Gasteiger partial charge in [0.05, 0.1) is 15.5 Å². The maximum Gasteiger partial charge on any atom is 0.345 e. The number of nitro groups is 1. The third-order valence-corrected chi connectivity index (χ3v) is 4.16. The van der Waals surface area contributed by atoms with Gasteiger partial charge in [-0.25, -0.2) is 4.79 Å². The predicted molar refractivity (Wildman–Crippen MR) is 99.7 cm³/mol. The van der Waals surface area contributed by atoms with E-state index in [1.807, 2.05) is 43.3 Å². The normalized spacial score (nSPS) is 10.4. The van der Waals surface area contributed by atoms with Gasteiger partial charge in [0, 0.05) is 12.1 Å². The van der Waals surface area contributed by atoms with Crippen molar-refractivity contribution in [3.8, 4) is 16.9 Å². The van der Waals surface area contributed by atoms with E-state index in [0.29, 0.717) is 5.75 Å². The Hall–Kier alpha value is -3.18. The van der Waals surface area contributed by atoms with E-state index in [0.717, 1.165) is 17.2 Å². The number of carbonyl (C=O) groups excluding carboxylic acids is 1. The Labute approximate surface area is 155 Å². The zero-order valence-corrected chi connectivity index (χ0v) is 14.6. The minimum Gasteiger partial charge on any atom is -0.423 e. The maximum atomic E-state index is 12.3. The molecule has 0 bridgehead atoms. The van der Waals surface area contributed by atoms with Crippen LogP contribution in [0.3, 0.4) is 0 Å². The number of nitro benzene ring substituents is 1. The highest BCUT2D eigenvalue weighted by Crippen LogP contribution is 2.26. The minimum absolute atomic E-state index is 0.0523. The van der Waals surface area contributed by atoms with E-state index in [1.165, 1.54) is 17.7 Å². The smallest absolute Gasteiger partial charge is 0.345 e. The van der Waals surface area contributed by atoms with Crippen LogP contribution in [0.1, 0.15) is 15.9 Å². The van der Waals surface area contributed by atoms with Crippen molar-refractivity contribution in [1.29, 1.82) is 0 Å². The first-order valence-corrected chi connectivity index (χ1v) is 8.15. The highest BCUT2D eigenvalue weighted by atomic mass is 35.5. The van der Waals surface area contributed by atoms with Gasteiger partial charge in [-0.2, -0.15) is 0 Å². The van der Waals surface area contributed by atoms with Crippen LogP contribution in [0.4, 0.5) is 5.69 Å². The number of hydrogen-bond acceptors (Lipinski definition) is 4. The zero-order valence-electron chi connectivity index (χ0n) is 13.8. The number of rotatable bonds is 4. The van der Waals surface area contributed by atoms with Crippen LogP contribution in [0.2, 0.25) is 5.02 Å². The van der Waals surface area contributed by atoms with Gasteiger partial charge in [0.15, 0.2) is 0 Å². The van der Waals surface area contributed by atoms with E-state index in [2.05, 4.69) is 0 Å². The van der Waals surface area contributed by atoms with E-state index in [-0.39, 0.29) is 16.3 Å². The van der Waals surface area contributed by atoms with Gasteiger partial charge in [-0.05, 0) is 36.2 Å². The summed E-state index contributed by atoms with van der Waals surface area (Å²) in [6.45, 7) is 2.02. The van der Waals surface area contributed by atoms with E-state index in [4.69, 9.17) is 16.3 Å². The Morgan fingerprint density at radius 3 is 2.12 bits per heavy atom. The SMILES string of the molecule is Cc1ccc(-c2ccc(OC(=O)c3cc([N+](=O)[O-])ccc3Cl)cc2)cc1. The van der Waals surface area contributed by atoms with Gasteiger partial charge in [0.2, 0.25) is 0 Å². The van der Waals surface area contributed by atoms with Gasteiger partial charge >= 0.3 is 5.97 Å². The second-order valence-electron chi connectivity index (χ2n) is 5.70. The molecule has 0 unspecified atom stereocenters. The number of benzene rings is 3. The molecular formula is C20H14ClNO4. The number of hydrogen-bond donors (Lipinski definition) is 0. The van der Waals surface area contributed by atoms with Crippen LogP contribution in [0, 0.1) is 17.0 Å². The summed E-state index contributed by atoms with van der Waals surface area (Å²) >= 11 is 5.96. The number of carbonyl (C=O) groups is 1. The second-order valence-corrected chi connectivity index (χ2v) is 6.11. The lowest BCUT2D eigenvalue weighted by molar-refractivity contribution is -0.384. The average molecular weight is 368 g/mol. The lowest BCUT2D eigenvalue weighted by Crippen LogP contribution is -2.09. The molecule has 0 saturated carbocycles. The summed E-state index contributed by atoms with van der Waals surface area (Å²) in [6.07, 6.45) is 0. The first kappa shape index (κ1) is 17.6. The van der Waals surface area contributed by atoms with Crippen LogP contribution < -0.4 is 4.74 Å². The van der Waals surface area contributed by atoms with Crippen molar-refractivity contribution in [2.75, 3.05) is 0 Å². The van der Waals surface area contributed by atoms with Crippen molar-refractivity contribution in [2.24, 2.45) is 0 Å². The van der Waals surface area contributed by atoms with Crippen LogP contribution in [0.5, 0.6) is 5.75 Å². The molecule has 0 atom stereocenters. The fraction of sp³-hybridized carbons (Fsp3) is 0.0500. The standard InChI is InChI=1S/C20H14ClNO4/c1-13-2-4-14(5-3-13)15-6-9-17(10-7-15)26-20(23)18-12-16(22(24)25)8-11-19(18)21/h2-12H,1H3. The van der Waals surface area contributed by atoms with E-state index in [9.17, 15) is 14.9 Å². The van der Waals surface area contributed by atoms with Crippen molar-refractivity contribution in [3.05, 3.63) is 93.0 Å². The highest BCUT2D eigenvalue weighted by molar-refractivity contribution is 6.33. The fourth-order valence-electron chi connectivity index (χ4n) is 2.41. The Bertz CT molecular complexity index is 966. The summed E-state index contributed by atoms with van der Waals surface area (Å²) in [5, 5.41) is 10.9. The number of esters is 1. The van der Waals surface area contributed by atoms with E-state index >= 15 is 0 Å². The number of ether oxygens (including phenoxy) is 1. The average Bonchev–Trinajstić information content (AvgIpc) is 2.63. The molecule has 0 heterocycles. The lowest BCUT2D eigenvalue weighted by Gasteiger charge is -2.07. The molecule has 0 fully saturated rings. The zero-order chi connectivity index (χ0) is 18.7. The first-order chi connectivity index (χ1) is 12.4. The summed E-state index contributed by atoms with van der Waals surface area (Å²) in [4.78, 5) is 22.5. The number of nitrogens with zero attached hydrogens (tertiary/aromatic N) is 1. The second kappa shape index (κ2) is 7.37. The third-order valence-electron chi connectivity index (χ3n) is 3.83. The molecule has 26 heavy (non-hydrogen) atoms. The molecule has 0 saturated heterocycles. The molecule has 130 valence electrons. The molecule has 0 aliphatic heterocycles. The summed E-state index contributed by atoms with van der Waals surface area (Å²) in [6, 6.07) is 18.7. The molecule has 3 rings (SSSR count). The quantitative estimate of drug-likeness (QED) is 0.266. The van der Waals surface area contributed by atoms with Crippen LogP contribution in [-0.2, 0) is 0 Å². The largest absolute Gasteiger partial charge is 0.423 e. The molecule has 3 aromatic rings. The Morgan fingerprint density at radius 2 is 1.54 bits per heavy atom. The Morgan fingerprint density at radius 1 is 0.962 bits per heavy atom. The fourth-order valence-corrected chi connectivity index (χ4v) is 2.60. The number of halogens is 1. The number of non-ortho nitro benzene ring substituents is 1. The van der Waals surface area contributed by atoms with Crippen molar-refractivity contribution < 1.29 is 14.5 Å². The van der Waals surface area contributed by atoms with Crippen molar-refractivity contribution >= 4 is 23.3 Å². The summed E-state index contributed by atoms with van der Waals surface area (Å²) in [5.74, 6) is -0.421. The molecule has 0 aliphatic rings. The molecule has 0 aliphatic carbocycles. The molecule has 5 nitrogen and oxygen atoms in total. The predicted octanol–water partition coefficient (Wildman–Crippen LogP) is 5.44. The molecule has 0 spiro atoms. The van der Waals surface area contributed by atoms with E-state index in [1.54, 1.807) is 12.1 Å². The van der Waals surface area contributed by atoms with Crippen molar-refractivity contribution in [1.82, 2.24) is 0 Å². The van der Waals surface area contributed by atoms with Gasteiger partial charge in [-0.15, -0.1) is 0 Å². The van der Waals surface area contributed by atoms with Gasteiger partial charge in [-0.1, -0.05) is 53.6 Å². The first-order valence-electron chi connectivity index (χ1n) is 7.77. The van der Waals surface area contributed by atoms with E-state index < -0.39 is 10.9 Å². The number of aryl methyl sites for hydroxylation is 1. The van der Waals surface area contributed by atoms with Crippen LogP contribution >= 0.6 is 11.6 Å². The molecule has 0 amide bonds. The Balaban J connectivity index is 1.79. The topological polar surface area (TPSA) is 69.4 Å². The van der Waals surface area contributed by atoms with Gasteiger partial charge in [0.25, 0.3) is 5.69 Å². The van der Waals surface area contributed by atoms with Crippen molar-refractivity contribution in [2.45, 2.75) is 6.92 Å². The van der Waals surface area contributed by atoms with Crippen molar-refractivity contribution in [3.63, 3.8) is 0 Å². The van der Waals surface area contributed by atoms with Gasteiger partial charge in [-0.3, -0.25) is 10.1 Å². The Kier molecular flexibility index (Phi) is 5.00. The molecule has 3 aromatic carbocycles. The summed E-state index contributed by atoms with van der Waals surface area (Å²) < 4.78 is 5.28. The monoisotopic (exact) mass is 367 g/mol. The van der Waals surface area contributed by atoms with Crippen LogP contribution in [0.15, 0.2) is 66.7 Å². The van der Waals surface area contributed by atoms with Crippen LogP contribution in [-0.4, -0.2) is 10.9 Å². The summed E-state index contributed by atoms with van der Waals surface area (Å²) in [5.41, 5.74) is 2.93. The maximum absolute atomic E-state index is 12.3. The molecule has 0 aromatic heterocycles. The highest BCUT2D eigenvalue weighted by Gasteiger charge is 2.17. The summed E-state index contributed by atoms with van der Waals surface area (Å²) in [7, 11) is 0.